The van der Waals surface area contributed by atoms with Crippen LogP contribution in [0.15, 0.2) is 47.3 Å². The van der Waals surface area contributed by atoms with Gasteiger partial charge in [0.2, 0.25) is 5.43 Å². The first-order valence-corrected chi connectivity index (χ1v) is 9.23. The first kappa shape index (κ1) is 20.1. The number of nitrogens with zero attached hydrogens (tertiary/aromatic N) is 1. The SMILES string of the molecule is CCn1c(C)c(-c2cccc(F)c2)c(=O)c(C(=O)O)c1-c1ccc(Cl)c(Cl)c1. The van der Waals surface area contributed by atoms with Gasteiger partial charge in [-0.1, -0.05) is 41.4 Å². The van der Waals surface area contributed by atoms with Crippen LogP contribution in [0.2, 0.25) is 10.0 Å². The second kappa shape index (κ2) is 7.78. The van der Waals surface area contributed by atoms with Gasteiger partial charge in [0.25, 0.3) is 0 Å². The van der Waals surface area contributed by atoms with Crippen LogP contribution < -0.4 is 5.43 Å². The zero-order chi connectivity index (χ0) is 20.6. The lowest BCUT2D eigenvalue weighted by Crippen LogP contribution is -2.25. The number of rotatable bonds is 4. The number of hydrogen-bond acceptors (Lipinski definition) is 2. The fourth-order valence-corrected chi connectivity index (χ4v) is 3.65. The van der Waals surface area contributed by atoms with Crippen molar-refractivity contribution < 1.29 is 14.3 Å². The molecule has 0 radical (unpaired) electrons. The largest absolute Gasteiger partial charge is 0.477 e. The lowest BCUT2D eigenvalue weighted by atomic mass is 9.96. The molecule has 0 saturated heterocycles. The van der Waals surface area contributed by atoms with Crippen molar-refractivity contribution >= 4 is 29.2 Å². The van der Waals surface area contributed by atoms with E-state index in [0.717, 1.165) is 0 Å². The summed E-state index contributed by atoms with van der Waals surface area (Å²) in [5, 5.41) is 10.4. The molecule has 0 aliphatic heterocycles. The van der Waals surface area contributed by atoms with Crippen molar-refractivity contribution in [1.29, 1.82) is 0 Å². The fourth-order valence-electron chi connectivity index (χ4n) is 3.36. The number of benzene rings is 2. The third-order valence-corrected chi connectivity index (χ3v) is 5.30. The minimum Gasteiger partial charge on any atom is -0.477 e. The molecule has 1 heterocycles. The summed E-state index contributed by atoms with van der Waals surface area (Å²) >= 11 is 12.1. The molecule has 3 aromatic rings. The van der Waals surface area contributed by atoms with Gasteiger partial charge in [-0.25, -0.2) is 9.18 Å². The Morgan fingerprint density at radius 2 is 1.82 bits per heavy atom. The minimum atomic E-state index is -1.37. The van der Waals surface area contributed by atoms with E-state index in [4.69, 9.17) is 23.2 Å². The first-order chi connectivity index (χ1) is 13.3. The standard InChI is InChI=1S/C21H16Cl2FNO3/c1-3-25-11(2)17(12-5-4-6-14(24)9-12)20(26)18(21(27)28)19(25)13-7-8-15(22)16(23)10-13/h4-10H,3H2,1-2H3,(H,27,28). The first-order valence-electron chi connectivity index (χ1n) is 8.48. The van der Waals surface area contributed by atoms with Crippen LogP contribution in [0.3, 0.4) is 0 Å². The minimum absolute atomic E-state index is 0.155. The van der Waals surface area contributed by atoms with Gasteiger partial charge in [-0.3, -0.25) is 4.79 Å². The Hall–Kier alpha value is -2.63. The number of aromatic nitrogens is 1. The molecular formula is C21H16Cl2FNO3. The number of aromatic carboxylic acids is 1. The molecule has 0 saturated carbocycles. The molecule has 144 valence electrons. The normalized spacial score (nSPS) is 10.9. The Morgan fingerprint density at radius 1 is 1.11 bits per heavy atom. The molecule has 0 bridgehead atoms. The second-order valence-corrected chi connectivity index (χ2v) is 7.02. The highest BCUT2D eigenvalue weighted by atomic mass is 35.5. The summed E-state index contributed by atoms with van der Waals surface area (Å²) in [6.07, 6.45) is 0. The molecule has 0 unspecified atom stereocenters. The van der Waals surface area contributed by atoms with Crippen molar-refractivity contribution in [3.8, 4) is 22.4 Å². The van der Waals surface area contributed by atoms with E-state index in [2.05, 4.69) is 0 Å². The Bertz CT molecular complexity index is 1160. The summed E-state index contributed by atoms with van der Waals surface area (Å²) in [4.78, 5) is 25.2. The Kier molecular flexibility index (Phi) is 5.59. The van der Waals surface area contributed by atoms with Crippen LogP contribution in [0.4, 0.5) is 4.39 Å². The van der Waals surface area contributed by atoms with Crippen molar-refractivity contribution in [2.45, 2.75) is 20.4 Å². The van der Waals surface area contributed by atoms with Crippen molar-refractivity contribution in [3.05, 3.63) is 79.8 Å². The number of carboxylic acid groups (broad SMARTS) is 1. The summed E-state index contributed by atoms with van der Waals surface area (Å²) in [6.45, 7) is 3.93. The quantitative estimate of drug-likeness (QED) is 0.593. The van der Waals surface area contributed by atoms with E-state index in [9.17, 15) is 19.1 Å². The van der Waals surface area contributed by atoms with Crippen LogP contribution in [0.1, 0.15) is 23.0 Å². The number of hydrogen-bond donors (Lipinski definition) is 1. The zero-order valence-electron chi connectivity index (χ0n) is 15.1. The molecule has 7 heteroatoms. The van der Waals surface area contributed by atoms with Crippen LogP contribution >= 0.6 is 23.2 Å². The third-order valence-electron chi connectivity index (χ3n) is 4.56. The molecule has 0 aliphatic carbocycles. The van der Waals surface area contributed by atoms with Crippen molar-refractivity contribution in [1.82, 2.24) is 4.57 Å². The molecule has 1 N–H and O–H groups in total. The van der Waals surface area contributed by atoms with Crippen molar-refractivity contribution in [2.75, 3.05) is 0 Å². The number of carbonyl (C=O) groups is 1. The van der Waals surface area contributed by atoms with Gasteiger partial charge in [0.05, 0.1) is 15.7 Å². The van der Waals surface area contributed by atoms with E-state index in [-0.39, 0.29) is 16.3 Å². The summed E-state index contributed by atoms with van der Waals surface area (Å²) in [7, 11) is 0. The van der Waals surface area contributed by atoms with Gasteiger partial charge in [0.1, 0.15) is 11.4 Å². The predicted molar refractivity (Wildman–Crippen MR) is 109 cm³/mol. The third kappa shape index (κ3) is 3.43. The number of carboxylic acids is 1. The lowest BCUT2D eigenvalue weighted by molar-refractivity contribution is 0.0695. The summed E-state index contributed by atoms with van der Waals surface area (Å²) in [5.41, 5.74) is 0.627. The predicted octanol–water partition coefficient (Wildman–Crippen LogP) is 5.65. The molecule has 2 aromatic carbocycles. The van der Waals surface area contributed by atoms with Gasteiger partial charge in [-0.05, 0) is 43.7 Å². The molecule has 1 aromatic heterocycles. The molecular weight excluding hydrogens is 404 g/mol. The number of halogens is 3. The van der Waals surface area contributed by atoms with E-state index in [1.807, 2.05) is 6.92 Å². The molecule has 0 aliphatic rings. The summed E-state index contributed by atoms with van der Waals surface area (Å²) in [5.74, 6) is -1.88. The highest BCUT2D eigenvalue weighted by molar-refractivity contribution is 6.42. The van der Waals surface area contributed by atoms with Crippen LogP contribution in [0.25, 0.3) is 22.4 Å². The van der Waals surface area contributed by atoms with E-state index >= 15 is 0 Å². The molecule has 3 rings (SSSR count). The highest BCUT2D eigenvalue weighted by Crippen LogP contribution is 2.33. The Labute approximate surface area is 170 Å². The van der Waals surface area contributed by atoms with Crippen molar-refractivity contribution in [3.63, 3.8) is 0 Å². The van der Waals surface area contributed by atoms with Gasteiger partial charge in [-0.15, -0.1) is 0 Å². The summed E-state index contributed by atoms with van der Waals surface area (Å²) in [6, 6.07) is 10.2. The Balaban J connectivity index is 2.46. The van der Waals surface area contributed by atoms with Crippen molar-refractivity contribution in [2.24, 2.45) is 0 Å². The van der Waals surface area contributed by atoms with Crippen LogP contribution in [0.5, 0.6) is 0 Å². The topological polar surface area (TPSA) is 59.3 Å². The van der Waals surface area contributed by atoms with E-state index in [0.29, 0.717) is 28.4 Å². The fraction of sp³-hybridized carbons (Fsp3) is 0.143. The maximum absolute atomic E-state index is 13.7. The smallest absolute Gasteiger partial charge is 0.341 e. The van der Waals surface area contributed by atoms with E-state index in [1.54, 1.807) is 29.7 Å². The molecule has 4 nitrogen and oxygen atoms in total. The number of pyridine rings is 1. The maximum atomic E-state index is 13.7. The Morgan fingerprint density at radius 3 is 2.39 bits per heavy atom. The second-order valence-electron chi connectivity index (χ2n) is 6.20. The average Bonchev–Trinajstić information content (AvgIpc) is 2.63. The average molecular weight is 420 g/mol. The zero-order valence-corrected chi connectivity index (χ0v) is 16.6. The monoisotopic (exact) mass is 419 g/mol. The molecule has 0 fully saturated rings. The van der Waals surface area contributed by atoms with Crippen LogP contribution in [-0.4, -0.2) is 15.6 Å². The maximum Gasteiger partial charge on any atom is 0.341 e. The lowest BCUT2D eigenvalue weighted by Gasteiger charge is -2.21. The molecule has 0 spiro atoms. The molecule has 0 amide bonds. The highest BCUT2D eigenvalue weighted by Gasteiger charge is 2.25. The van der Waals surface area contributed by atoms with Gasteiger partial charge in [-0.2, -0.15) is 0 Å². The summed E-state index contributed by atoms with van der Waals surface area (Å²) < 4.78 is 15.4. The van der Waals surface area contributed by atoms with E-state index in [1.165, 1.54) is 24.3 Å². The molecule has 0 atom stereocenters. The van der Waals surface area contributed by atoms with Crippen LogP contribution in [0, 0.1) is 12.7 Å². The van der Waals surface area contributed by atoms with Gasteiger partial charge in [0.15, 0.2) is 0 Å². The van der Waals surface area contributed by atoms with Gasteiger partial charge >= 0.3 is 5.97 Å². The van der Waals surface area contributed by atoms with Crippen LogP contribution in [-0.2, 0) is 6.54 Å². The molecule has 28 heavy (non-hydrogen) atoms. The van der Waals surface area contributed by atoms with E-state index < -0.39 is 22.8 Å². The van der Waals surface area contributed by atoms with Gasteiger partial charge in [0, 0.05) is 23.4 Å². The van der Waals surface area contributed by atoms with Gasteiger partial charge < -0.3 is 9.67 Å².